The Bertz CT molecular complexity index is 356. The van der Waals surface area contributed by atoms with Crippen molar-refractivity contribution < 1.29 is 4.74 Å². The second-order valence-corrected chi connectivity index (χ2v) is 5.55. The molecule has 0 aromatic heterocycles. The molecule has 0 aliphatic carbocycles. The Hall–Kier alpha value is -0.380. The first-order chi connectivity index (χ1) is 7.65. The Morgan fingerprint density at radius 3 is 3.00 bits per heavy atom. The number of hydrogen-bond acceptors (Lipinski definition) is 2. The van der Waals surface area contributed by atoms with Gasteiger partial charge in [-0.1, -0.05) is 28.1 Å². The van der Waals surface area contributed by atoms with Gasteiger partial charge in [-0.3, -0.25) is 0 Å². The molecular weight excluding hydrogens is 266 g/mol. The van der Waals surface area contributed by atoms with Crippen molar-refractivity contribution in [2.24, 2.45) is 11.7 Å². The third kappa shape index (κ3) is 3.06. The molecule has 16 heavy (non-hydrogen) atoms. The summed E-state index contributed by atoms with van der Waals surface area (Å²) in [6, 6.07) is 8.57. The minimum atomic E-state index is 0.208. The smallest absolute Gasteiger partial charge is 0.0551 e. The van der Waals surface area contributed by atoms with Crippen LogP contribution < -0.4 is 5.73 Å². The number of nitrogens with two attached hydrogens (primary N) is 1. The first kappa shape index (κ1) is 12.1. The van der Waals surface area contributed by atoms with Gasteiger partial charge in [-0.15, -0.1) is 0 Å². The van der Waals surface area contributed by atoms with Gasteiger partial charge in [0.2, 0.25) is 0 Å². The van der Waals surface area contributed by atoms with Crippen molar-refractivity contribution >= 4 is 15.9 Å². The van der Waals surface area contributed by atoms with Crippen molar-refractivity contribution in [3.8, 4) is 0 Å². The monoisotopic (exact) mass is 283 g/mol. The third-order valence-electron chi connectivity index (χ3n) is 3.20. The van der Waals surface area contributed by atoms with E-state index in [4.69, 9.17) is 10.5 Å². The minimum absolute atomic E-state index is 0.208. The molecule has 0 spiro atoms. The van der Waals surface area contributed by atoms with Crippen molar-refractivity contribution in [1.29, 1.82) is 0 Å². The molecule has 1 aromatic rings. The zero-order valence-electron chi connectivity index (χ0n) is 9.53. The zero-order valence-corrected chi connectivity index (χ0v) is 11.1. The topological polar surface area (TPSA) is 35.2 Å². The van der Waals surface area contributed by atoms with Gasteiger partial charge in [-0.25, -0.2) is 0 Å². The van der Waals surface area contributed by atoms with E-state index in [1.807, 2.05) is 6.07 Å². The highest BCUT2D eigenvalue weighted by Crippen LogP contribution is 2.23. The highest BCUT2D eigenvalue weighted by Gasteiger charge is 2.27. The van der Waals surface area contributed by atoms with Crippen LogP contribution in [0.1, 0.15) is 18.9 Å². The van der Waals surface area contributed by atoms with E-state index in [9.17, 15) is 0 Å². The van der Waals surface area contributed by atoms with Gasteiger partial charge >= 0.3 is 0 Å². The molecule has 0 radical (unpaired) electrons. The quantitative estimate of drug-likeness (QED) is 0.926. The van der Waals surface area contributed by atoms with Gasteiger partial charge in [0.25, 0.3) is 0 Å². The molecule has 2 N–H and O–H groups in total. The van der Waals surface area contributed by atoms with Crippen LogP contribution in [0.2, 0.25) is 0 Å². The van der Waals surface area contributed by atoms with Crippen molar-refractivity contribution in [2.75, 3.05) is 6.61 Å². The molecular formula is C13H18BrNO. The molecule has 1 heterocycles. The summed E-state index contributed by atoms with van der Waals surface area (Å²) in [6.07, 6.45) is 2.40. The van der Waals surface area contributed by atoms with Gasteiger partial charge in [-0.2, -0.15) is 0 Å². The highest BCUT2D eigenvalue weighted by atomic mass is 79.9. The number of benzene rings is 1. The van der Waals surface area contributed by atoms with E-state index in [1.165, 1.54) is 5.56 Å². The van der Waals surface area contributed by atoms with E-state index >= 15 is 0 Å². The molecule has 1 aliphatic heterocycles. The van der Waals surface area contributed by atoms with E-state index in [2.05, 4.69) is 41.1 Å². The van der Waals surface area contributed by atoms with E-state index < -0.39 is 0 Å². The first-order valence-corrected chi connectivity index (χ1v) is 6.56. The molecule has 1 saturated heterocycles. The number of rotatable bonds is 3. The average molecular weight is 284 g/mol. The van der Waals surface area contributed by atoms with E-state index in [0.717, 1.165) is 23.9 Å². The lowest BCUT2D eigenvalue weighted by Crippen LogP contribution is -2.32. The summed E-state index contributed by atoms with van der Waals surface area (Å²) >= 11 is 3.48. The Balaban J connectivity index is 1.94. The van der Waals surface area contributed by atoms with Crippen LogP contribution in [0.3, 0.4) is 0 Å². The van der Waals surface area contributed by atoms with Gasteiger partial charge in [0.1, 0.15) is 0 Å². The van der Waals surface area contributed by atoms with Crippen molar-refractivity contribution in [3.63, 3.8) is 0 Å². The zero-order chi connectivity index (χ0) is 11.5. The molecule has 1 aliphatic rings. The van der Waals surface area contributed by atoms with Crippen LogP contribution in [-0.4, -0.2) is 18.8 Å². The van der Waals surface area contributed by atoms with Crippen LogP contribution in [0.4, 0.5) is 0 Å². The maximum atomic E-state index is 6.23. The summed E-state index contributed by atoms with van der Waals surface area (Å²) in [5.41, 5.74) is 7.52. The van der Waals surface area contributed by atoms with Crippen molar-refractivity contribution in [3.05, 3.63) is 34.3 Å². The Morgan fingerprint density at radius 1 is 1.56 bits per heavy atom. The first-order valence-electron chi connectivity index (χ1n) is 5.77. The van der Waals surface area contributed by atoms with Crippen molar-refractivity contribution in [1.82, 2.24) is 0 Å². The lowest BCUT2D eigenvalue weighted by Gasteiger charge is -2.17. The fourth-order valence-electron chi connectivity index (χ4n) is 2.25. The Morgan fingerprint density at radius 2 is 2.38 bits per heavy atom. The Kier molecular flexibility index (Phi) is 4.00. The maximum Gasteiger partial charge on any atom is 0.0551 e. The lowest BCUT2D eigenvalue weighted by atomic mass is 9.92. The lowest BCUT2D eigenvalue weighted by molar-refractivity contribution is 0.118. The van der Waals surface area contributed by atoms with Crippen molar-refractivity contribution in [2.45, 2.75) is 31.9 Å². The molecule has 2 rings (SSSR count). The molecule has 1 fully saturated rings. The van der Waals surface area contributed by atoms with E-state index in [1.54, 1.807) is 0 Å². The largest absolute Gasteiger partial charge is 0.378 e. The predicted octanol–water partition coefficient (Wildman–Crippen LogP) is 2.74. The van der Waals surface area contributed by atoms with Crippen LogP contribution in [0.5, 0.6) is 0 Å². The third-order valence-corrected chi connectivity index (χ3v) is 3.69. The second kappa shape index (κ2) is 5.30. The molecule has 0 bridgehead atoms. The van der Waals surface area contributed by atoms with E-state index in [-0.39, 0.29) is 6.04 Å². The van der Waals surface area contributed by atoms with Crippen LogP contribution in [0, 0.1) is 5.92 Å². The van der Waals surface area contributed by atoms with Gasteiger partial charge in [-0.05, 0) is 37.5 Å². The van der Waals surface area contributed by atoms with Crippen LogP contribution >= 0.6 is 15.9 Å². The van der Waals surface area contributed by atoms with Crippen LogP contribution in [0.15, 0.2) is 28.7 Å². The number of ether oxygens (including phenoxy) is 1. The van der Waals surface area contributed by atoms with Gasteiger partial charge in [0.15, 0.2) is 0 Å². The summed E-state index contributed by atoms with van der Waals surface area (Å²) in [5, 5.41) is 0. The fourth-order valence-corrected chi connectivity index (χ4v) is 2.70. The Labute approximate surface area is 105 Å². The summed E-state index contributed by atoms with van der Waals surface area (Å²) in [7, 11) is 0. The standard InChI is InChI=1S/C13H18BrNO/c1-9-5-11(8-16-9)13(15)7-10-3-2-4-12(14)6-10/h2-4,6,9,11,13H,5,7-8,15H2,1H3. The molecule has 88 valence electrons. The van der Waals surface area contributed by atoms with Crippen LogP contribution in [-0.2, 0) is 11.2 Å². The van der Waals surface area contributed by atoms with Crippen LogP contribution in [0.25, 0.3) is 0 Å². The van der Waals surface area contributed by atoms with Gasteiger partial charge in [0.05, 0.1) is 12.7 Å². The average Bonchev–Trinajstić information content (AvgIpc) is 2.65. The minimum Gasteiger partial charge on any atom is -0.378 e. The predicted molar refractivity (Wildman–Crippen MR) is 69.3 cm³/mol. The maximum absolute atomic E-state index is 6.23. The SMILES string of the molecule is CC1CC(C(N)Cc2cccc(Br)c2)CO1. The summed E-state index contributed by atoms with van der Waals surface area (Å²) < 4.78 is 6.68. The van der Waals surface area contributed by atoms with Gasteiger partial charge < -0.3 is 10.5 Å². The molecule has 0 saturated carbocycles. The van der Waals surface area contributed by atoms with Gasteiger partial charge in [0, 0.05) is 16.4 Å². The molecule has 1 aromatic carbocycles. The molecule has 2 nitrogen and oxygen atoms in total. The molecule has 3 unspecified atom stereocenters. The number of hydrogen-bond donors (Lipinski definition) is 1. The highest BCUT2D eigenvalue weighted by molar-refractivity contribution is 9.10. The number of halogens is 1. The molecule has 3 heteroatoms. The summed E-state index contributed by atoms with van der Waals surface area (Å²) in [4.78, 5) is 0. The molecule has 0 amide bonds. The normalized spacial score (nSPS) is 26.9. The summed E-state index contributed by atoms with van der Waals surface area (Å²) in [6.45, 7) is 2.93. The summed E-state index contributed by atoms with van der Waals surface area (Å²) in [5.74, 6) is 0.508. The van der Waals surface area contributed by atoms with E-state index in [0.29, 0.717) is 12.0 Å². The fraction of sp³-hybridized carbons (Fsp3) is 0.538. The second-order valence-electron chi connectivity index (χ2n) is 4.64. The molecule has 3 atom stereocenters.